The summed E-state index contributed by atoms with van der Waals surface area (Å²) in [6, 6.07) is 10.3. The van der Waals surface area contributed by atoms with Crippen molar-refractivity contribution in [3.8, 4) is 6.07 Å². The first-order chi connectivity index (χ1) is 13.7. The number of para-hydroxylation sites is 1. The maximum absolute atomic E-state index is 12.2. The van der Waals surface area contributed by atoms with Crippen molar-refractivity contribution in [3.63, 3.8) is 0 Å². The molecule has 1 fully saturated rings. The Morgan fingerprint density at radius 1 is 1.21 bits per heavy atom. The number of carbonyl (C=O) groups excluding carboxylic acids is 1. The van der Waals surface area contributed by atoms with E-state index in [-0.39, 0.29) is 5.91 Å². The third kappa shape index (κ3) is 5.44. The first-order valence-corrected chi connectivity index (χ1v) is 9.99. The Bertz CT molecular complexity index is 855. The summed E-state index contributed by atoms with van der Waals surface area (Å²) in [4.78, 5) is 17.0. The van der Waals surface area contributed by atoms with Gasteiger partial charge in [-0.15, -0.1) is 0 Å². The Kier molecular flexibility index (Phi) is 7.24. The normalized spacial score (nSPS) is 15.9. The summed E-state index contributed by atoms with van der Waals surface area (Å²) in [7, 11) is 2.16. The van der Waals surface area contributed by atoms with E-state index in [1.165, 1.54) is 0 Å². The molecule has 1 aliphatic rings. The molecule has 1 N–H and O–H groups in total. The van der Waals surface area contributed by atoms with Crippen LogP contribution >= 0.6 is 0 Å². The van der Waals surface area contributed by atoms with E-state index in [0.717, 1.165) is 55.6 Å². The summed E-state index contributed by atoms with van der Waals surface area (Å²) in [5.74, 6) is -0.0627. The molecular formula is C22H29N5O. The fraction of sp³-hybridized carbons (Fsp3) is 0.455. The standard InChI is InChI=1S/C22H29N5O/c1-25-14-16-26(17-15-25)12-5-11-24-22(28)9-8-19-18-27(13-4-10-23)21-7-3-2-6-20(19)21/h2-3,6-9,18H,4-5,11-17H2,1H3,(H,24,28). The summed E-state index contributed by atoms with van der Waals surface area (Å²) >= 11 is 0. The highest BCUT2D eigenvalue weighted by atomic mass is 16.1. The van der Waals surface area contributed by atoms with Crippen LogP contribution in [0.15, 0.2) is 36.5 Å². The molecule has 3 rings (SSSR count). The highest BCUT2D eigenvalue weighted by molar-refractivity contribution is 5.96. The van der Waals surface area contributed by atoms with Crippen molar-refractivity contribution < 1.29 is 4.79 Å². The Hall–Kier alpha value is -2.62. The van der Waals surface area contributed by atoms with Crippen molar-refractivity contribution in [3.05, 3.63) is 42.1 Å². The van der Waals surface area contributed by atoms with Crippen molar-refractivity contribution in [2.24, 2.45) is 0 Å². The second kappa shape index (κ2) is 10.1. The van der Waals surface area contributed by atoms with E-state index in [4.69, 9.17) is 5.26 Å². The average Bonchev–Trinajstić information content (AvgIpc) is 3.07. The number of fused-ring (bicyclic) bond motifs is 1. The molecule has 1 saturated heterocycles. The zero-order chi connectivity index (χ0) is 19.8. The zero-order valence-electron chi connectivity index (χ0n) is 16.6. The van der Waals surface area contributed by atoms with Crippen molar-refractivity contribution in [2.45, 2.75) is 19.4 Å². The van der Waals surface area contributed by atoms with Gasteiger partial charge >= 0.3 is 0 Å². The Morgan fingerprint density at radius 3 is 2.79 bits per heavy atom. The molecule has 1 aromatic heterocycles. The van der Waals surface area contributed by atoms with Crippen molar-refractivity contribution >= 4 is 22.9 Å². The van der Waals surface area contributed by atoms with E-state index in [2.05, 4.69) is 32.8 Å². The van der Waals surface area contributed by atoms with Gasteiger partial charge in [-0.3, -0.25) is 4.79 Å². The predicted molar refractivity (Wildman–Crippen MR) is 113 cm³/mol. The highest BCUT2D eigenvalue weighted by Gasteiger charge is 2.12. The van der Waals surface area contributed by atoms with Gasteiger partial charge in [0.2, 0.25) is 5.91 Å². The lowest BCUT2D eigenvalue weighted by molar-refractivity contribution is -0.116. The molecule has 0 unspecified atom stereocenters. The van der Waals surface area contributed by atoms with Gasteiger partial charge < -0.3 is 19.7 Å². The lowest BCUT2D eigenvalue weighted by Gasteiger charge is -2.32. The van der Waals surface area contributed by atoms with E-state index < -0.39 is 0 Å². The van der Waals surface area contributed by atoms with Crippen LogP contribution in [0.1, 0.15) is 18.4 Å². The fourth-order valence-electron chi connectivity index (χ4n) is 3.57. The van der Waals surface area contributed by atoms with Crippen LogP contribution in [0.3, 0.4) is 0 Å². The lowest BCUT2D eigenvalue weighted by atomic mass is 10.1. The third-order valence-electron chi connectivity index (χ3n) is 5.24. The molecule has 1 aromatic carbocycles. The van der Waals surface area contributed by atoms with Crippen LogP contribution in [0, 0.1) is 11.3 Å². The van der Waals surface area contributed by atoms with Crippen LogP contribution in [0.5, 0.6) is 0 Å². The molecule has 0 spiro atoms. The Labute approximate surface area is 167 Å². The fourth-order valence-corrected chi connectivity index (χ4v) is 3.57. The minimum Gasteiger partial charge on any atom is -0.353 e. The lowest BCUT2D eigenvalue weighted by Crippen LogP contribution is -2.45. The van der Waals surface area contributed by atoms with Gasteiger partial charge in [-0.25, -0.2) is 0 Å². The number of carbonyl (C=O) groups is 1. The highest BCUT2D eigenvalue weighted by Crippen LogP contribution is 2.22. The number of benzene rings is 1. The number of likely N-dealkylation sites (N-methyl/N-ethyl adjacent to an activating group) is 1. The second-order valence-corrected chi connectivity index (χ2v) is 7.33. The number of nitriles is 1. The minimum atomic E-state index is -0.0627. The molecule has 0 atom stereocenters. The molecule has 6 heteroatoms. The molecule has 1 aliphatic heterocycles. The third-order valence-corrected chi connectivity index (χ3v) is 5.24. The van der Waals surface area contributed by atoms with Gasteiger partial charge in [-0.1, -0.05) is 18.2 Å². The van der Waals surface area contributed by atoms with Gasteiger partial charge in [-0.05, 0) is 32.2 Å². The van der Waals surface area contributed by atoms with Crippen LogP contribution in [0.25, 0.3) is 17.0 Å². The number of nitrogens with one attached hydrogen (secondary N) is 1. The van der Waals surface area contributed by atoms with Crippen molar-refractivity contribution in [1.82, 2.24) is 19.7 Å². The Morgan fingerprint density at radius 2 is 2.00 bits per heavy atom. The molecule has 1 amide bonds. The minimum absolute atomic E-state index is 0.0627. The van der Waals surface area contributed by atoms with Crippen LogP contribution in [0.4, 0.5) is 0 Å². The summed E-state index contributed by atoms with van der Waals surface area (Å²) in [5, 5.41) is 12.9. The van der Waals surface area contributed by atoms with Gasteiger partial charge in [0.25, 0.3) is 0 Å². The summed E-state index contributed by atoms with van der Waals surface area (Å²) < 4.78 is 2.08. The molecule has 0 radical (unpaired) electrons. The van der Waals surface area contributed by atoms with Gasteiger partial charge in [0.05, 0.1) is 12.5 Å². The first kappa shape index (κ1) is 20.1. The van der Waals surface area contributed by atoms with Gasteiger partial charge in [0.15, 0.2) is 0 Å². The van der Waals surface area contributed by atoms with E-state index in [1.807, 2.05) is 36.5 Å². The van der Waals surface area contributed by atoms with Crippen LogP contribution in [0.2, 0.25) is 0 Å². The number of aryl methyl sites for hydroxylation is 1. The van der Waals surface area contributed by atoms with E-state index in [0.29, 0.717) is 19.5 Å². The number of hydrogen-bond acceptors (Lipinski definition) is 4. The van der Waals surface area contributed by atoms with E-state index in [9.17, 15) is 4.79 Å². The molecule has 0 saturated carbocycles. The average molecular weight is 380 g/mol. The van der Waals surface area contributed by atoms with Crippen molar-refractivity contribution in [1.29, 1.82) is 5.26 Å². The summed E-state index contributed by atoms with van der Waals surface area (Å²) in [5.41, 5.74) is 2.09. The van der Waals surface area contributed by atoms with Gasteiger partial charge in [0.1, 0.15) is 0 Å². The van der Waals surface area contributed by atoms with Crippen LogP contribution in [-0.4, -0.2) is 66.6 Å². The first-order valence-electron chi connectivity index (χ1n) is 9.99. The smallest absolute Gasteiger partial charge is 0.244 e. The maximum Gasteiger partial charge on any atom is 0.244 e. The molecule has 6 nitrogen and oxygen atoms in total. The number of hydrogen-bond donors (Lipinski definition) is 1. The van der Waals surface area contributed by atoms with Crippen LogP contribution in [-0.2, 0) is 11.3 Å². The number of rotatable bonds is 8. The van der Waals surface area contributed by atoms with Gasteiger partial charge in [-0.2, -0.15) is 5.26 Å². The summed E-state index contributed by atoms with van der Waals surface area (Å²) in [6.07, 6.45) is 6.92. The quantitative estimate of drug-likeness (QED) is 0.565. The molecule has 28 heavy (non-hydrogen) atoms. The SMILES string of the molecule is CN1CCN(CCCNC(=O)C=Cc2cn(CCC#N)c3ccccc23)CC1. The van der Waals surface area contributed by atoms with Crippen molar-refractivity contribution in [2.75, 3.05) is 46.3 Å². The number of aromatic nitrogens is 1. The Balaban J connectivity index is 1.49. The largest absolute Gasteiger partial charge is 0.353 e. The topological polar surface area (TPSA) is 64.3 Å². The summed E-state index contributed by atoms with van der Waals surface area (Å²) in [6.45, 7) is 6.85. The second-order valence-electron chi connectivity index (χ2n) is 7.33. The number of piperazine rings is 1. The maximum atomic E-state index is 12.2. The van der Waals surface area contributed by atoms with E-state index in [1.54, 1.807) is 6.08 Å². The molecule has 0 bridgehead atoms. The predicted octanol–water partition coefficient (Wildman–Crippen LogP) is 2.32. The van der Waals surface area contributed by atoms with Gasteiger partial charge in [0, 0.05) is 68.0 Å². The molecule has 148 valence electrons. The molecule has 2 heterocycles. The number of nitrogens with zero attached hydrogens (tertiary/aromatic N) is 4. The van der Waals surface area contributed by atoms with Crippen LogP contribution < -0.4 is 5.32 Å². The zero-order valence-corrected chi connectivity index (χ0v) is 16.6. The number of amides is 1. The molecule has 2 aromatic rings. The van der Waals surface area contributed by atoms with E-state index >= 15 is 0 Å². The molecule has 0 aliphatic carbocycles. The molecular weight excluding hydrogens is 350 g/mol. The monoisotopic (exact) mass is 379 g/mol.